The summed E-state index contributed by atoms with van der Waals surface area (Å²) in [5, 5.41) is 6.44. The molecule has 0 saturated carbocycles. The minimum atomic E-state index is -0.291. The molecule has 2 amide bonds. The Hall–Kier alpha value is -4.68. The van der Waals surface area contributed by atoms with Crippen molar-refractivity contribution in [2.24, 2.45) is 0 Å². The van der Waals surface area contributed by atoms with E-state index in [0.29, 0.717) is 16.8 Å². The fourth-order valence-electron chi connectivity index (χ4n) is 5.83. The number of hydrogen-bond donors (Lipinski definition) is 2. The number of anilines is 1. The molecule has 180 valence electrons. The van der Waals surface area contributed by atoms with Gasteiger partial charge in [-0.25, -0.2) is 4.90 Å². The van der Waals surface area contributed by atoms with Crippen LogP contribution in [-0.2, 0) is 0 Å². The van der Waals surface area contributed by atoms with Crippen LogP contribution in [0.2, 0.25) is 0 Å². The Bertz CT molecular complexity index is 2120. The smallest absolute Gasteiger partial charge is 0.266 e. The molecule has 0 radical (unpaired) electrons. The standard InChI is InChI=1S/C32H18BrN3O2/c33-17-9-12-28-25(13-17)27(16-34-28)29-15-26-24-14-18(36-31(37)22-7-3-4-8-23(22)32(36)38)10-11-20(24)19-5-1-2-6-21(19)30(26)35-29/h1-16,34-35H. The fraction of sp³-hybridized carbons (Fsp3) is 0. The number of aromatic nitrogens is 2. The fourth-order valence-corrected chi connectivity index (χ4v) is 6.19. The Morgan fingerprint density at radius 3 is 2.11 bits per heavy atom. The molecule has 5 aromatic carbocycles. The van der Waals surface area contributed by atoms with Crippen molar-refractivity contribution in [2.45, 2.75) is 0 Å². The number of fused-ring (bicyclic) bond motifs is 8. The first-order valence-electron chi connectivity index (χ1n) is 12.3. The second-order valence-electron chi connectivity index (χ2n) is 9.63. The lowest BCUT2D eigenvalue weighted by Gasteiger charge is -2.16. The normalized spacial score (nSPS) is 13.4. The number of aromatic amines is 2. The molecule has 8 rings (SSSR count). The van der Waals surface area contributed by atoms with Crippen LogP contribution in [0.1, 0.15) is 20.7 Å². The number of rotatable bonds is 2. The molecule has 0 unspecified atom stereocenters. The van der Waals surface area contributed by atoms with E-state index in [4.69, 9.17) is 0 Å². The van der Waals surface area contributed by atoms with Gasteiger partial charge in [0.15, 0.2) is 0 Å². The van der Waals surface area contributed by atoms with Gasteiger partial charge in [0.2, 0.25) is 0 Å². The van der Waals surface area contributed by atoms with Crippen molar-refractivity contribution in [1.82, 2.24) is 9.97 Å². The number of benzene rings is 5. The number of carbonyl (C=O) groups is 2. The molecule has 2 N–H and O–H groups in total. The molecule has 0 bridgehead atoms. The minimum absolute atomic E-state index is 0.291. The molecule has 6 heteroatoms. The van der Waals surface area contributed by atoms with Crippen molar-refractivity contribution in [3.8, 4) is 11.3 Å². The predicted octanol–water partition coefficient (Wildman–Crippen LogP) is 8.19. The van der Waals surface area contributed by atoms with E-state index in [0.717, 1.165) is 59.1 Å². The van der Waals surface area contributed by atoms with Crippen molar-refractivity contribution in [1.29, 1.82) is 0 Å². The van der Waals surface area contributed by atoms with E-state index in [1.807, 2.05) is 42.6 Å². The lowest BCUT2D eigenvalue weighted by Crippen LogP contribution is -2.29. The van der Waals surface area contributed by atoms with E-state index in [-0.39, 0.29) is 11.8 Å². The van der Waals surface area contributed by atoms with Crippen LogP contribution in [0.15, 0.2) is 102 Å². The zero-order valence-corrected chi connectivity index (χ0v) is 21.5. The monoisotopic (exact) mass is 555 g/mol. The molecule has 0 saturated heterocycles. The van der Waals surface area contributed by atoms with E-state index in [2.05, 4.69) is 56.2 Å². The molecule has 0 fully saturated rings. The highest BCUT2D eigenvalue weighted by Gasteiger charge is 2.36. The highest BCUT2D eigenvalue weighted by Crippen LogP contribution is 2.41. The maximum atomic E-state index is 13.2. The van der Waals surface area contributed by atoms with Crippen LogP contribution in [0.3, 0.4) is 0 Å². The van der Waals surface area contributed by atoms with Gasteiger partial charge in [0, 0.05) is 43.6 Å². The molecule has 38 heavy (non-hydrogen) atoms. The molecular weight excluding hydrogens is 538 g/mol. The summed E-state index contributed by atoms with van der Waals surface area (Å²) in [5.74, 6) is -0.581. The first-order valence-corrected chi connectivity index (χ1v) is 13.1. The number of amides is 2. The van der Waals surface area contributed by atoms with E-state index < -0.39 is 0 Å². The van der Waals surface area contributed by atoms with Crippen LogP contribution in [0, 0.1) is 0 Å². The highest BCUT2D eigenvalue weighted by atomic mass is 79.9. The summed E-state index contributed by atoms with van der Waals surface area (Å²) >= 11 is 3.60. The van der Waals surface area contributed by atoms with Gasteiger partial charge in [-0.05, 0) is 64.7 Å². The van der Waals surface area contributed by atoms with Crippen molar-refractivity contribution in [3.63, 3.8) is 0 Å². The average Bonchev–Trinajstić information content (AvgIpc) is 3.63. The second-order valence-corrected chi connectivity index (χ2v) is 10.5. The predicted molar refractivity (Wildman–Crippen MR) is 156 cm³/mol. The van der Waals surface area contributed by atoms with Gasteiger partial charge in [0.1, 0.15) is 0 Å². The first-order chi connectivity index (χ1) is 18.6. The van der Waals surface area contributed by atoms with Crippen LogP contribution >= 0.6 is 15.9 Å². The maximum Gasteiger partial charge on any atom is 0.266 e. The zero-order chi connectivity index (χ0) is 25.5. The summed E-state index contributed by atoms with van der Waals surface area (Å²) in [5.41, 5.74) is 5.60. The summed E-state index contributed by atoms with van der Waals surface area (Å²) in [6.07, 6.45) is 2.02. The summed E-state index contributed by atoms with van der Waals surface area (Å²) in [6.45, 7) is 0. The quantitative estimate of drug-likeness (QED) is 0.167. The number of nitrogens with one attached hydrogen (secondary N) is 2. The number of imide groups is 1. The average molecular weight is 556 g/mol. The molecule has 1 aliphatic heterocycles. The van der Waals surface area contributed by atoms with E-state index in [9.17, 15) is 9.59 Å². The summed E-state index contributed by atoms with van der Waals surface area (Å²) < 4.78 is 1.02. The third-order valence-electron chi connectivity index (χ3n) is 7.58. The summed E-state index contributed by atoms with van der Waals surface area (Å²) in [4.78, 5) is 34.8. The van der Waals surface area contributed by atoms with E-state index >= 15 is 0 Å². The summed E-state index contributed by atoms with van der Waals surface area (Å²) in [6, 6.07) is 29.5. The van der Waals surface area contributed by atoms with Gasteiger partial charge in [-0.2, -0.15) is 0 Å². The van der Waals surface area contributed by atoms with Crippen molar-refractivity contribution in [3.05, 3.63) is 113 Å². The Balaban J connectivity index is 1.40. The number of H-pyrrole nitrogens is 2. The molecule has 3 heterocycles. The van der Waals surface area contributed by atoms with E-state index in [1.54, 1.807) is 24.3 Å². The van der Waals surface area contributed by atoms with Crippen molar-refractivity contribution in [2.75, 3.05) is 4.90 Å². The van der Waals surface area contributed by atoms with Gasteiger partial charge < -0.3 is 9.97 Å². The Morgan fingerprint density at radius 2 is 1.32 bits per heavy atom. The van der Waals surface area contributed by atoms with Crippen LogP contribution in [-0.4, -0.2) is 21.8 Å². The third-order valence-corrected chi connectivity index (χ3v) is 8.08. The number of hydrogen-bond acceptors (Lipinski definition) is 2. The third kappa shape index (κ3) is 2.86. The minimum Gasteiger partial charge on any atom is -0.360 e. The molecule has 0 spiro atoms. The zero-order valence-electron chi connectivity index (χ0n) is 19.9. The molecule has 5 nitrogen and oxygen atoms in total. The second kappa shape index (κ2) is 7.66. The van der Waals surface area contributed by atoms with Crippen LogP contribution < -0.4 is 4.90 Å². The van der Waals surface area contributed by atoms with Crippen LogP contribution in [0.25, 0.3) is 54.6 Å². The Labute approximate surface area is 224 Å². The number of carbonyl (C=O) groups excluding carboxylic acids is 2. The SMILES string of the molecule is O=C1c2ccccc2C(=O)N1c1ccc2c3ccccc3c3[nH]c(-c4c[nH]c5ccc(Br)cc45)cc3c2c1. The van der Waals surface area contributed by atoms with Gasteiger partial charge in [-0.1, -0.05) is 58.4 Å². The van der Waals surface area contributed by atoms with Gasteiger partial charge in [0.25, 0.3) is 11.8 Å². The number of halogens is 1. The van der Waals surface area contributed by atoms with E-state index in [1.165, 1.54) is 4.90 Å². The molecule has 1 aliphatic rings. The van der Waals surface area contributed by atoms with Crippen LogP contribution in [0.4, 0.5) is 5.69 Å². The lowest BCUT2D eigenvalue weighted by molar-refractivity contribution is 0.0926. The largest absolute Gasteiger partial charge is 0.360 e. The number of nitrogens with zero attached hydrogens (tertiary/aromatic N) is 1. The molecular formula is C32H18BrN3O2. The molecule has 0 aliphatic carbocycles. The maximum absolute atomic E-state index is 13.2. The summed E-state index contributed by atoms with van der Waals surface area (Å²) in [7, 11) is 0. The highest BCUT2D eigenvalue weighted by molar-refractivity contribution is 9.10. The van der Waals surface area contributed by atoms with Crippen molar-refractivity contribution >= 4 is 76.8 Å². The van der Waals surface area contributed by atoms with Gasteiger partial charge in [0.05, 0.1) is 22.3 Å². The van der Waals surface area contributed by atoms with Gasteiger partial charge in [-0.15, -0.1) is 0 Å². The Morgan fingerprint density at radius 1 is 0.605 bits per heavy atom. The van der Waals surface area contributed by atoms with Crippen molar-refractivity contribution < 1.29 is 9.59 Å². The Kier molecular flexibility index (Phi) is 4.32. The van der Waals surface area contributed by atoms with Gasteiger partial charge >= 0.3 is 0 Å². The molecule has 0 atom stereocenters. The molecule has 2 aromatic heterocycles. The molecule has 7 aromatic rings. The van der Waals surface area contributed by atoms with Gasteiger partial charge in [-0.3, -0.25) is 9.59 Å². The first kappa shape index (κ1) is 21.4. The topological polar surface area (TPSA) is 69.0 Å². The van der Waals surface area contributed by atoms with Crippen LogP contribution in [0.5, 0.6) is 0 Å². The lowest BCUT2D eigenvalue weighted by atomic mass is 9.97.